The molecule has 4 rings (SSSR count). The Morgan fingerprint density at radius 3 is 2.55 bits per heavy atom. The molecule has 0 saturated carbocycles. The Bertz CT molecular complexity index is 1120. The zero-order chi connectivity index (χ0) is 20.1. The molecule has 0 amide bonds. The maximum atomic E-state index is 9.32. The summed E-state index contributed by atoms with van der Waals surface area (Å²) in [6, 6.07) is 15.1. The summed E-state index contributed by atoms with van der Waals surface area (Å²) in [5.74, 6) is 0.487. The Morgan fingerprint density at radius 2 is 1.83 bits per heavy atom. The SMILES string of the molecule is N#Cc1cccc(CC(c2cccnc2)(c2cnccn2)c2nccc(Cl)n2)c1. The highest BCUT2D eigenvalue weighted by atomic mass is 35.5. The first-order valence-electron chi connectivity index (χ1n) is 8.87. The molecule has 1 aromatic carbocycles. The van der Waals surface area contributed by atoms with Gasteiger partial charge in [-0.3, -0.25) is 15.0 Å². The van der Waals surface area contributed by atoms with Crippen LogP contribution in [0.4, 0.5) is 0 Å². The molecule has 0 spiro atoms. The van der Waals surface area contributed by atoms with Crippen molar-refractivity contribution in [1.82, 2.24) is 24.9 Å². The van der Waals surface area contributed by atoms with E-state index in [0.717, 1.165) is 11.1 Å². The molecule has 29 heavy (non-hydrogen) atoms. The van der Waals surface area contributed by atoms with E-state index in [9.17, 15) is 5.26 Å². The summed E-state index contributed by atoms with van der Waals surface area (Å²) in [6.45, 7) is 0. The maximum absolute atomic E-state index is 9.32. The van der Waals surface area contributed by atoms with Crippen molar-refractivity contribution in [2.24, 2.45) is 0 Å². The highest BCUT2D eigenvalue weighted by molar-refractivity contribution is 6.29. The summed E-state index contributed by atoms with van der Waals surface area (Å²) < 4.78 is 0. The van der Waals surface area contributed by atoms with Gasteiger partial charge in [0.05, 0.1) is 17.3 Å². The Labute approximate surface area is 172 Å². The largest absolute Gasteiger partial charge is 0.264 e. The lowest BCUT2D eigenvalue weighted by Gasteiger charge is -2.32. The Hall–Kier alpha value is -3.69. The van der Waals surface area contributed by atoms with Gasteiger partial charge in [0.1, 0.15) is 16.4 Å². The second kappa shape index (κ2) is 8.13. The van der Waals surface area contributed by atoms with Crippen molar-refractivity contribution in [3.05, 3.63) is 113 Å². The Balaban J connectivity index is 2.02. The van der Waals surface area contributed by atoms with E-state index in [1.54, 1.807) is 49.3 Å². The second-order valence-electron chi connectivity index (χ2n) is 6.43. The number of benzene rings is 1. The lowest BCUT2D eigenvalue weighted by molar-refractivity contribution is 0.547. The van der Waals surface area contributed by atoms with Crippen molar-refractivity contribution in [3.8, 4) is 6.07 Å². The third kappa shape index (κ3) is 3.68. The van der Waals surface area contributed by atoms with Crippen LogP contribution in [-0.2, 0) is 11.8 Å². The monoisotopic (exact) mass is 398 g/mol. The van der Waals surface area contributed by atoms with E-state index in [-0.39, 0.29) is 0 Å². The average Bonchev–Trinajstić information content (AvgIpc) is 2.79. The molecular formula is C22H15ClN6. The van der Waals surface area contributed by atoms with Crippen LogP contribution in [0.1, 0.15) is 28.2 Å². The van der Waals surface area contributed by atoms with Crippen molar-refractivity contribution in [2.45, 2.75) is 11.8 Å². The summed E-state index contributed by atoms with van der Waals surface area (Å²) in [7, 11) is 0. The molecule has 4 aromatic rings. The molecule has 1 unspecified atom stereocenters. The van der Waals surface area contributed by atoms with E-state index in [0.29, 0.717) is 28.7 Å². The molecule has 0 aliphatic carbocycles. The normalized spacial score (nSPS) is 12.7. The third-order valence-electron chi connectivity index (χ3n) is 4.68. The smallest absolute Gasteiger partial charge is 0.146 e. The van der Waals surface area contributed by atoms with E-state index >= 15 is 0 Å². The van der Waals surface area contributed by atoms with Gasteiger partial charge in [0, 0.05) is 37.2 Å². The van der Waals surface area contributed by atoms with Crippen LogP contribution >= 0.6 is 11.6 Å². The quantitative estimate of drug-likeness (QED) is 0.475. The number of rotatable bonds is 5. The van der Waals surface area contributed by atoms with Crippen LogP contribution in [0.25, 0.3) is 0 Å². The van der Waals surface area contributed by atoms with Crippen LogP contribution in [-0.4, -0.2) is 24.9 Å². The van der Waals surface area contributed by atoms with Crippen molar-refractivity contribution >= 4 is 11.6 Å². The Kier molecular flexibility index (Phi) is 5.23. The zero-order valence-corrected chi connectivity index (χ0v) is 16.0. The fourth-order valence-corrected chi connectivity index (χ4v) is 3.53. The van der Waals surface area contributed by atoms with Gasteiger partial charge in [-0.25, -0.2) is 9.97 Å². The van der Waals surface area contributed by atoms with Gasteiger partial charge in [0.2, 0.25) is 0 Å². The minimum atomic E-state index is -0.887. The van der Waals surface area contributed by atoms with E-state index < -0.39 is 5.41 Å². The molecule has 0 aliphatic heterocycles. The van der Waals surface area contributed by atoms with Gasteiger partial charge in [-0.2, -0.15) is 5.26 Å². The van der Waals surface area contributed by atoms with Crippen molar-refractivity contribution in [2.75, 3.05) is 0 Å². The van der Waals surface area contributed by atoms with E-state index in [4.69, 9.17) is 11.6 Å². The molecule has 140 valence electrons. The summed E-state index contributed by atoms with van der Waals surface area (Å²) in [5, 5.41) is 9.65. The van der Waals surface area contributed by atoms with E-state index in [2.05, 4.69) is 31.0 Å². The summed E-state index contributed by atoms with van der Waals surface area (Å²) in [4.78, 5) is 22.3. The molecule has 0 bridgehead atoms. The topological polar surface area (TPSA) is 88.2 Å². The molecule has 0 radical (unpaired) electrons. The number of nitrogens with zero attached hydrogens (tertiary/aromatic N) is 6. The van der Waals surface area contributed by atoms with Crippen LogP contribution < -0.4 is 0 Å². The number of aromatic nitrogens is 5. The molecule has 0 saturated heterocycles. The maximum Gasteiger partial charge on any atom is 0.146 e. The van der Waals surface area contributed by atoms with Gasteiger partial charge in [-0.05, 0) is 41.8 Å². The minimum Gasteiger partial charge on any atom is -0.264 e. The predicted octanol–water partition coefficient (Wildman–Crippen LogP) is 3.76. The number of hydrogen-bond acceptors (Lipinski definition) is 6. The lowest BCUT2D eigenvalue weighted by Crippen LogP contribution is -2.35. The average molecular weight is 399 g/mol. The van der Waals surface area contributed by atoms with E-state index in [1.165, 1.54) is 0 Å². The minimum absolute atomic E-state index is 0.331. The van der Waals surface area contributed by atoms with Crippen molar-refractivity contribution < 1.29 is 0 Å². The molecule has 6 nitrogen and oxygen atoms in total. The molecule has 3 heterocycles. The second-order valence-corrected chi connectivity index (χ2v) is 6.82. The van der Waals surface area contributed by atoms with E-state index in [1.807, 2.05) is 30.3 Å². The standard InChI is InChI=1S/C22H15ClN6/c23-20-6-8-28-21(29-20)22(18-5-2-7-25-14-18,19-15-26-9-10-27-19)12-16-3-1-4-17(11-16)13-24/h1-11,14-15H,12H2. The molecule has 3 aromatic heterocycles. The van der Waals surface area contributed by atoms with Gasteiger partial charge >= 0.3 is 0 Å². The number of nitriles is 1. The highest BCUT2D eigenvalue weighted by Crippen LogP contribution is 2.39. The molecule has 7 heteroatoms. The van der Waals surface area contributed by atoms with Crippen LogP contribution in [0.3, 0.4) is 0 Å². The first kappa shape index (κ1) is 18.7. The first-order valence-corrected chi connectivity index (χ1v) is 9.25. The zero-order valence-electron chi connectivity index (χ0n) is 15.3. The summed E-state index contributed by atoms with van der Waals surface area (Å²) >= 11 is 6.23. The number of pyridine rings is 1. The Morgan fingerprint density at radius 1 is 0.931 bits per heavy atom. The van der Waals surface area contributed by atoms with Gasteiger partial charge < -0.3 is 0 Å². The highest BCUT2D eigenvalue weighted by Gasteiger charge is 2.41. The van der Waals surface area contributed by atoms with Gasteiger partial charge in [0.15, 0.2) is 0 Å². The first-order chi connectivity index (χ1) is 14.2. The van der Waals surface area contributed by atoms with Crippen LogP contribution in [0, 0.1) is 11.3 Å². The molecule has 0 fully saturated rings. The fourth-order valence-electron chi connectivity index (χ4n) is 3.40. The fraction of sp³-hybridized carbons (Fsp3) is 0.0909. The molecule has 0 aliphatic rings. The summed E-state index contributed by atoms with van der Waals surface area (Å²) in [5.41, 5.74) is 2.14. The molecule has 0 N–H and O–H groups in total. The van der Waals surface area contributed by atoms with Crippen molar-refractivity contribution in [3.63, 3.8) is 0 Å². The summed E-state index contributed by atoms with van der Waals surface area (Å²) in [6.07, 6.45) is 10.5. The number of hydrogen-bond donors (Lipinski definition) is 0. The van der Waals surface area contributed by atoms with Gasteiger partial charge in [0.25, 0.3) is 0 Å². The van der Waals surface area contributed by atoms with Crippen molar-refractivity contribution in [1.29, 1.82) is 5.26 Å². The van der Waals surface area contributed by atoms with Crippen LogP contribution in [0.2, 0.25) is 5.15 Å². The molecule has 1 atom stereocenters. The van der Waals surface area contributed by atoms with Gasteiger partial charge in [-0.1, -0.05) is 29.8 Å². The van der Waals surface area contributed by atoms with Gasteiger partial charge in [-0.15, -0.1) is 0 Å². The lowest BCUT2D eigenvalue weighted by atomic mass is 9.72. The van der Waals surface area contributed by atoms with Crippen LogP contribution in [0.15, 0.2) is 79.6 Å². The van der Waals surface area contributed by atoms with Crippen LogP contribution in [0.5, 0.6) is 0 Å². The molecular weight excluding hydrogens is 384 g/mol. The predicted molar refractivity (Wildman–Crippen MR) is 108 cm³/mol. The third-order valence-corrected chi connectivity index (χ3v) is 4.89. The number of halogens is 1.